The molecule has 0 spiro atoms. The summed E-state index contributed by atoms with van der Waals surface area (Å²) in [6.07, 6.45) is 2.44. The van der Waals surface area contributed by atoms with E-state index in [4.69, 9.17) is 4.74 Å². The summed E-state index contributed by atoms with van der Waals surface area (Å²) in [6, 6.07) is 3.59. The number of carbonyl (C=O) groups is 1. The lowest BCUT2D eigenvalue weighted by Gasteiger charge is -2.07. The molecule has 1 amide bonds. The lowest BCUT2D eigenvalue weighted by molar-refractivity contribution is 0.0939. The molecular formula is C13H21N3O2. The van der Waals surface area contributed by atoms with E-state index in [-0.39, 0.29) is 5.91 Å². The third kappa shape index (κ3) is 5.14. The van der Waals surface area contributed by atoms with E-state index in [1.165, 1.54) is 0 Å². The molecule has 0 fully saturated rings. The van der Waals surface area contributed by atoms with Gasteiger partial charge in [-0.25, -0.2) is 0 Å². The molecule has 5 heteroatoms. The van der Waals surface area contributed by atoms with Gasteiger partial charge in [0.05, 0.1) is 0 Å². The van der Waals surface area contributed by atoms with Crippen LogP contribution in [0.4, 0.5) is 5.69 Å². The first kappa shape index (κ1) is 14.4. The molecule has 0 unspecified atom stereocenters. The Morgan fingerprint density at radius 1 is 1.44 bits per heavy atom. The molecule has 1 rings (SSSR count). The number of aromatic nitrogens is 1. The van der Waals surface area contributed by atoms with E-state index in [0.29, 0.717) is 25.5 Å². The first-order chi connectivity index (χ1) is 8.77. The molecule has 18 heavy (non-hydrogen) atoms. The molecule has 0 saturated heterocycles. The van der Waals surface area contributed by atoms with Gasteiger partial charge in [0.15, 0.2) is 0 Å². The Hall–Kier alpha value is -1.62. The lowest BCUT2D eigenvalue weighted by atomic mass is 10.3. The smallest absolute Gasteiger partial charge is 0.269 e. The molecule has 0 aliphatic carbocycles. The van der Waals surface area contributed by atoms with Gasteiger partial charge in [0.2, 0.25) is 0 Å². The van der Waals surface area contributed by atoms with Gasteiger partial charge in [-0.05, 0) is 32.4 Å². The molecular weight excluding hydrogens is 230 g/mol. The second-order valence-electron chi connectivity index (χ2n) is 3.77. The number of carbonyl (C=O) groups excluding carboxylic acids is 1. The number of hydrogen-bond donors (Lipinski definition) is 2. The molecule has 1 heterocycles. The average Bonchev–Trinajstić information content (AvgIpc) is 2.39. The number of nitrogens with zero attached hydrogens (tertiary/aromatic N) is 1. The van der Waals surface area contributed by atoms with E-state index in [1.807, 2.05) is 19.9 Å². The van der Waals surface area contributed by atoms with Crippen LogP contribution in [0.1, 0.15) is 30.8 Å². The highest BCUT2D eigenvalue weighted by molar-refractivity contribution is 5.93. The zero-order chi connectivity index (χ0) is 13.2. The van der Waals surface area contributed by atoms with E-state index in [0.717, 1.165) is 18.7 Å². The molecule has 0 bridgehead atoms. The van der Waals surface area contributed by atoms with Crippen molar-refractivity contribution in [3.63, 3.8) is 0 Å². The quantitative estimate of drug-likeness (QED) is 0.690. The van der Waals surface area contributed by atoms with Crippen LogP contribution in [0.2, 0.25) is 0 Å². The van der Waals surface area contributed by atoms with Gasteiger partial charge in [-0.2, -0.15) is 0 Å². The van der Waals surface area contributed by atoms with Crippen LogP contribution in [-0.4, -0.2) is 37.2 Å². The maximum absolute atomic E-state index is 11.8. The first-order valence-corrected chi connectivity index (χ1v) is 6.33. The molecule has 5 nitrogen and oxygen atoms in total. The number of pyridine rings is 1. The van der Waals surface area contributed by atoms with Crippen molar-refractivity contribution < 1.29 is 9.53 Å². The highest BCUT2D eigenvalue weighted by Gasteiger charge is 2.06. The van der Waals surface area contributed by atoms with Crippen molar-refractivity contribution in [3.05, 3.63) is 24.0 Å². The van der Waals surface area contributed by atoms with E-state index in [1.54, 1.807) is 12.3 Å². The highest BCUT2D eigenvalue weighted by atomic mass is 16.5. The number of anilines is 1. The van der Waals surface area contributed by atoms with Crippen LogP contribution < -0.4 is 10.6 Å². The van der Waals surface area contributed by atoms with Crippen molar-refractivity contribution in [2.45, 2.75) is 20.3 Å². The third-order valence-corrected chi connectivity index (χ3v) is 2.33. The molecule has 0 atom stereocenters. The second-order valence-corrected chi connectivity index (χ2v) is 3.77. The Labute approximate surface area is 108 Å². The van der Waals surface area contributed by atoms with Crippen molar-refractivity contribution in [1.29, 1.82) is 0 Å². The van der Waals surface area contributed by atoms with Gasteiger partial charge < -0.3 is 15.4 Å². The Morgan fingerprint density at radius 3 is 3.00 bits per heavy atom. The van der Waals surface area contributed by atoms with Crippen LogP contribution >= 0.6 is 0 Å². The fourth-order valence-electron chi connectivity index (χ4n) is 1.48. The second kappa shape index (κ2) is 8.47. The van der Waals surface area contributed by atoms with Crippen molar-refractivity contribution in [3.8, 4) is 0 Å². The van der Waals surface area contributed by atoms with Crippen LogP contribution in [0.15, 0.2) is 18.3 Å². The minimum atomic E-state index is -0.147. The molecule has 1 aromatic heterocycles. The van der Waals surface area contributed by atoms with E-state index < -0.39 is 0 Å². The lowest BCUT2D eigenvalue weighted by Crippen LogP contribution is -2.26. The first-order valence-electron chi connectivity index (χ1n) is 6.33. The Kier molecular flexibility index (Phi) is 6.79. The summed E-state index contributed by atoms with van der Waals surface area (Å²) in [4.78, 5) is 15.8. The highest BCUT2D eigenvalue weighted by Crippen LogP contribution is 2.07. The number of nitrogens with one attached hydrogen (secondary N) is 2. The number of ether oxygens (including phenoxy) is 1. The summed E-state index contributed by atoms with van der Waals surface area (Å²) in [5.41, 5.74) is 1.34. The molecule has 0 aliphatic rings. The summed E-state index contributed by atoms with van der Waals surface area (Å²) in [7, 11) is 0. The topological polar surface area (TPSA) is 63.2 Å². The minimum absolute atomic E-state index is 0.147. The SMILES string of the molecule is CCNc1ccnc(C(=O)NCCCOCC)c1. The van der Waals surface area contributed by atoms with Crippen LogP contribution in [0.3, 0.4) is 0 Å². The van der Waals surface area contributed by atoms with Crippen LogP contribution in [0.25, 0.3) is 0 Å². The normalized spacial score (nSPS) is 10.1. The molecule has 2 N–H and O–H groups in total. The van der Waals surface area contributed by atoms with Gasteiger partial charge in [-0.3, -0.25) is 9.78 Å². The molecule has 100 valence electrons. The monoisotopic (exact) mass is 251 g/mol. The summed E-state index contributed by atoms with van der Waals surface area (Å²) in [5.74, 6) is -0.147. The molecule has 0 radical (unpaired) electrons. The summed E-state index contributed by atoms with van der Waals surface area (Å²) in [5, 5.41) is 5.96. The van der Waals surface area contributed by atoms with E-state index in [2.05, 4.69) is 15.6 Å². The Balaban J connectivity index is 2.38. The van der Waals surface area contributed by atoms with Gasteiger partial charge in [0, 0.05) is 38.2 Å². The van der Waals surface area contributed by atoms with Crippen molar-refractivity contribution in [2.75, 3.05) is 31.6 Å². The van der Waals surface area contributed by atoms with Gasteiger partial charge in [0.25, 0.3) is 5.91 Å². The van der Waals surface area contributed by atoms with Crippen molar-refractivity contribution in [1.82, 2.24) is 10.3 Å². The predicted octanol–water partition coefficient (Wildman–Crippen LogP) is 1.67. The van der Waals surface area contributed by atoms with Crippen LogP contribution in [-0.2, 0) is 4.74 Å². The maximum Gasteiger partial charge on any atom is 0.269 e. The maximum atomic E-state index is 11.8. The molecule has 0 aromatic carbocycles. The van der Waals surface area contributed by atoms with Crippen molar-refractivity contribution >= 4 is 11.6 Å². The average molecular weight is 251 g/mol. The fourth-order valence-corrected chi connectivity index (χ4v) is 1.48. The molecule has 0 aliphatic heterocycles. The zero-order valence-electron chi connectivity index (χ0n) is 11.0. The summed E-state index contributed by atoms with van der Waals surface area (Å²) >= 11 is 0. The van der Waals surface area contributed by atoms with Gasteiger partial charge in [-0.15, -0.1) is 0 Å². The number of rotatable bonds is 8. The molecule has 0 saturated carbocycles. The summed E-state index contributed by atoms with van der Waals surface area (Å²) in [6.45, 7) is 6.76. The Morgan fingerprint density at radius 2 is 2.28 bits per heavy atom. The fraction of sp³-hybridized carbons (Fsp3) is 0.538. The molecule has 1 aromatic rings. The predicted molar refractivity (Wildman–Crippen MR) is 71.8 cm³/mol. The standard InChI is InChI=1S/C13H21N3O2/c1-3-14-11-6-8-15-12(10-11)13(17)16-7-5-9-18-4-2/h6,8,10H,3-5,7,9H2,1-2H3,(H,14,15)(H,16,17). The largest absolute Gasteiger partial charge is 0.385 e. The van der Waals surface area contributed by atoms with Crippen LogP contribution in [0.5, 0.6) is 0 Å². The van der Waals surface area contributed by atoms with Crippen LogP contribution in [0, 0.1) is 0 Å². The van der Waals surface area contributed by atoms with E-state index in [9.17, 15) is 4.79 Å². The van der Waals surface area contributed by atoms with Gasteiger partial charge >= 0.3 is 0 Å². The Bertz CT molecular complexity index is 369. The van der Waals surface area contributed by atoms with Crippen molar-refractivity contribution in [2.24, 2.45) is 0 Å². The van der Waals surface area contributed by atoms with Gasteiger partial charge in [0.1, 0.15) is 5.69 Å². The third-order valence-electron chi connectivity index (χ3n) is 2.33. The summed E-state index contributed by atoms with van der Waals surface area (Å²) < 4.78 is 5.20. The number of hydrogen-bond acceptors (Lipinski definition) is 4. The van der Waals surface area contributed by atoms with Gasteiger partial charge in [-0.1, -0.05) is 0 Å². The van der Waals surface area contributed by atoms with E-state index >= 15 is 0 Å². The number of amides is 1. The zero-order valence-corrected chi connectivity index (χ0v) is 11.0. The minimum Gasteiger partial charge on any atom is -0.385 e.